The van der Waals surface area contributed by atoms with Gasteiger partial charge in [0.2, 0.25) is 18.2 Å². The zero-order valence-electron chi connectivity index (χ0n) is 31.1. The largest absolute Gasteiger partial charge is 0.372 e. The van der Waals surface area contributed by atoms with Crippen molar-refractivity contribution in [3.63, 3.8) is 0 Å². The van der Waals surface area contributed by atoms with Crippen LogP contribution < -0.4 is 5.32 Å². The molecule has 0 spiro atoms. The minimum Gasteiger partial charge on any atom is -0.372 e. The Balaban J connectivity index is 0.991. The van der Waals surface area contributed by atoms with Crippen LogP contribution in [0.15, 0.2) is 90.4 Å². The number of rotatable bonds is 13. The Hall–Kier alpha value is -5.82. The molecule has 2 aromatic carbocycles. The number of aromatic nitrogens is 5. The molecule has 2 saturated heterocycles. The summed E-state index contributed by atoms with van der Waals surface area (Å²) < 4.78 is 0. The van der Waals surface area contributed by atoms with Crippen molar-refractivity contribution in [3.8, 4) is 33.6 Å². The highest BCUT2D eigenvalue weighted by Crippen LogP contribution is 2.35. The Morgan fingerprint density at radius 1 is 0.796 bits per heavy atom. The van der Waals surface area contributed by atoms with Crippen LogP contribution in [0, 0.1) is 5.92 Å². The Bertz CT molecular complexity index is 2040. The van der Waals surface area contributed by atoms with Gasteiger partial charge in [0.1, 0.15) is 23.7 Å². The molecule has 0 radical (unpaired) electrons. The number of pyridine rings is 1. The predicted octanol–water partition coefficient (Wildman–Crippen LogP) is 6.99. The summed E-state index contributed by atoms with van der Waals surface area (Å²) >= 11 is 0. The van der Waals surface area contributed by atoms with E-state index < -0.39 is 6.04 Å². The van der Waals surface area contributed by atoms with E-state index in [1.165, 1.54) is 7.11 Å². The van der Waals surface area contributed by atoms with Crippen molar-refractivity contribution in [1.29, 1.82) is 0 Å². The molecule has 2 amide bonds. The maximum absolute atomic E-state index is 13.8. The molecule has 0 unspecified atom stereocenters. The van der Waals surface area contributed by atoms with Gasteiger partial charge in [-0.1, -0.05) is 62.4 Å². The molecular weight excluding hydrogens is 683 g/mol. The molecule has 280 valence electrons. The molecule has 0 bridgehead atoms. The lowest BCUT2D eigenvalue weighted by Crippen LogP contribution is -2.45. The van der Waals surface area contributed by atoms with Gasteiger partial charge in [0.05, 0.1) is 48.7 Å². The van der Waals surface area contributed by atoms with Gasteiger partial charge in [0.25, 0.3) is 0 Å². The SMILES string of the molecule is COO/C=N\[C@@H](C)C(=O)N1CCC[C@H]1c1ncc(-c2ccc(-c3ccc(-c4cnc([C@@H]5CCCN5C(=O)[C@@H](Nc5cccnc5)C(C)C)[nH]4)cc3)cc2)[nH]1. The first-order chi connectivity index (χ1) is 26.3. The highest BCUT2D eigenvalue weighted by atomic mass is 17.2. The number of aliphatic imine (C=N–C) groups is 1. The Morgan fingerprint density at radius 3 is 1.83 bits per heavy atom. The third-order valence-electron chi connectivity index (χ3n) is 10.3. The second-order valence-corrected chi connectivity index (χ2v) is 14.2. The van der Waals surface area contributed by atoms with Crippen LogP contribution in [-0.4, -0.2) is 85.2 Å². The molecule has 3 aromatic heterocycles. The van der Waals surface area contributed by atoms with E-state index in [0.29, 0.717) is 13.1 Å². The van der Waals surface area contributed by atoms with E-state index in [4.69, 9.17) is 9.87 Å². The summed E-state index contributed by atoms with van der Waals surface area (Å²) in [5, 5.41) is 3.40. The number of anilines is 1. The van der Waals surface area contributed by atoms with Crippen molar-refractivity contribution in [2.24, 2.45) is 10.9 Å². The highest BCUT2D eigenvalue weighted by Gasteiger charge is 2.37. The standard InChI is InChI=1S/C41H47N9O4/c1-26(2)37(46-32-8-5-19-42-22-32)41(52)50-21-7-10-36(50)39-44-24-34(48-39)31-17-13-29(14-18-31)28-11-15-30(16-12-28)33-23-43-38(47-33)35-9-6-20-49(35)40(51)27(3)45-25-54-53-4/h5,8,11-19,22-27,35-37,46H,6-7,9-10,20-21H2,1-4H3,(H,43,47)(H,44,48)/b45-25-/t27-,35-,36-,37-/m0/s1. The molecule has 5 aromatic rings. The lowest BCUT2D eigenvalue weighted by molar-refractivity contribution is -0.188. The molecule has 13 nitrogen and oxygen atoms in total. The first-order valence-electron chi connectivity index (χ1n) is 18.6. The van der Waals surface area contributed by atoms with Crippen molar-refractivity contribution in [2.45, 2.75) is 70.6 Å². The summed E-state index contributed by atoms with van der Waals surface area (Å²) in [6, 6.07) is 19.4. The number of hydrogen-bond acceptors (Lipinski definition) is 9. The second-order valence-electron chi connectivity index (χ2n) is 14.2. The lowest BCUT2D eigenvalue weighted by atomic mass is 10.0. The van der Waals surface area contributed by atoms with Crippen molar-refractivity contribution in [1.82, 2.24) is 34.7 Å². The molecule has 2 fully saturated rings. The third kappa shape index (κ3) is 7.91. The third-order valence-corrected chi connectivity index (χ3v) is 10.3. The molecular formula is C41H47N9O4. The number of amides is 2. The highest BCUT2D eigenvalue weighted by molar-refractivity contribution is 5.86. The van der Waals surface area contributed by atoms with Crippen LogP contribution in [0.1, 0.15) is 70.2 Å². The van der Waals surface area contributed by atoms with Gasteiger partial charge in [-0.05, 0) is 72.9 Å². The minimum atomic E-state index is -0.585. The van der Waals surface area contributed by atoms with Gasteiger partial charge in [-0.2, -0.15) is 4.89 Å². The van der Waals surface area contributed by atoms with Gasteiger partial charge >= 0.3 is 0 Å². The van der Waals surface area contributed by atoms with Crippen LogP contribution in [-0.2, 0) is 19.4 Å². The molecule has 2 aliphatic rings. The van der Waals surface area contributed by atoms with E-state index in [1.54, 1.807) is 19.3 Å². The first kappa shape index (κ1) is 36.5. The Morgan fingerprint density at radius 2 is 1.33 bits per heavy atom. The monoisotopic (exact) mass is 729 g/mol. The number of carbonyl (C=O) groups is 2. The average Bonchev–Trinajstić information content (AvgIpc) is 4.04. The van der Waals surface area contributed by atoms with Crippen LogP contribution in [0.3, 0.4) is 0 Å². The smallest absolute Gasteiger partial charge is 0.247 e. The lowest BCUT2D eigenvalue weighted by Gasteiger charge is -2.30. The van der Waals surface area contributed by atoms with Gasteiger partial charge in [0.15, 0.2) is 0 Å². The average molecular weight is 730 g/mol. The molecule has 54 heavy (non-hydrogen) atoms. The minimum absolute atomic E-state index is 0.0762. The van der Waals surface area contributed by atoms with Gasteiger partial charge in [0, 0.05) is 25.5 Å². The number of imidazole rings is 2. The van der Waals surface area contributed by atoms with Crippen LogP contribution in [0.25, 0.3) is 33.6 Å². The molecule has 5 heterocycles. The van der Waals surface area contributed by atoms with E-state index in [2.05, 4.69) is 97.5 Å². The molecule has 7 rings (SSSR count). The normalized spacial score (nSPS) is 18.4. The Labute approximate surface area is 315 Å². The molecule has 2 aliphatic heterocycles. The predicted molar refractivity (Wildman–Crippen MR) is 207 cm³/mol. The van der Waals surface area contributed by atoms with Crippen LogP contribution in [0.2, 0.25) is 0 Å². The number of likely N-dealkylation sites (tertiary alicyclic amines) is 2. The fourth-order valence-corrected chi connectivity index (χ4v) is 7.40. The summed E-state index contributed by atoms with van der Waals surface area (Å²) in [6.45, 7) is 7.22. The maximum Gasteiger partial charge on any atom is 0.247 e. The van der Waals surface area contributed by atoms with E-state index >= 15 is 0 Å². The summed E-state index contributed by atoms with van der Waals surface area (Å²) in [6.07, 6.45) is 11.8. The van der Waals surface area contributed by atoms with Gasteiger partial charge in [-0.25, -0.2) is 15.0 Å². The number of hydrogen-bond donors (Lipinski definition) is 3. The molecule has 3 N–H and O–H groups in total. The van der Waals surface area contributed by atoms with E-state index in [-0.39, 0.29) is 35.9 Å². The van der Waals surface area contributed by atoms with Gasteiger partial charge < -0.3 is 30.0 Å². The molecule has 0 aliphatic carbocycles. The number of benzene rings is 2. The van der Waals surface area contributed by atoms with Crippen LogP contribution in [0.4, 0.5) is 5.69 Å². The number of H-pyrrole nitrogens is 2. The summed E-state index contributed by atoms with van der Waals surface area (Å²) in [4.78, 5) is 64.7. The van der Waals surface area contributed by atoms with Crippen molar-refractivity contribution in [3.05, 3.63) is 97.1 Å². The summed E-state index contributed by atoms with van der Waals surface area (Å²) in [5.74, 6) is 1.69. The fourth-order valence-electron chi connectivity index (χ4n) is 7.40. The summed E-state index contributed by atoms with van der Waals surface area (Å²) in [7, 11) is 1.38. The van der Waals surface area contributed by atoms with Crippen LogP contribution >= 0.6 is 0 Å². The maximum atomic E-state index is 13.8. The topological polar surface area (TPSA) is 154 Å². The first-order valence-corrected chi connectivity index (χ1v) is 18.6. The zero-order chi connectivity index (χ0) is 37.6. The van der Waals surface area contributed by atoms with Gasteiger partial charge in [-0.3, -0.25) is 14.6 Å². The quantitative estimate of drug-likeness (QED) is 0.0508. The van der Waals surface area contributed by atoms with Crippen LogP contribution in [0.5, 0.6) is 0 Å². The van der Waals surface area contributed by atoms with E-state index in [9.17, 15) is 9.59 Å². The van der Waals surface area contributed by atoms with E-state index in [1.807, 2.05) is 34.3 Å². The number of carbonyl (C=O) groups excluding carboxylic acids is 2. The summed E-state index contributed by atoms with van der Waals surface area (Å²) in [5.41, 5.74) is 6.87. The Kier molecular flexibility index (Phi) is 11.1. The number of nitrogens with one attached hydrogen (secondary N) is 3. The van der Waals surface area contributed by atoms with E-state index in [0.717, 1.165) is 83.1 Å². The molecule has 0 saturated carbocycles. The zero-order valence-corrected chi connectivity index (χ0v) is 31.1. The van der Waals surface area contributed by atoms with Crippen molar-refractivity contribution in [2.75, 3.05) is 25.5 Å². The number of aromatic amines is 2. The van der Waals surface area contributed by atoms with Crippen molar-refractivity contribution < 1.29 is 19.4 Å². The number of nitrogens with zero attached hydrogens (tertiary/aromatic N) is 6. The molecule has 4 atom stereocenters. The molecule has 13 heteroatoms. The van der Waals surface area contributed by atoms with Crippen molar-refractivity contribution >= 4 is 23.9 Å². The second kappa shape index (κ2) is 16.5. The fraction of sp³-hybridized carbons (Fsp3) is 0.366. The van der Waals surface area contributed by atoms with Gasteiger partial charge in [-0.15, -0.1) is 0 Å².